The number of alkyl halides is 1. The van der Waals surface area contributed by atoms with E-state index in [-0.39, 0.29) is 18.6 Å². The number of nitrogens with one attached hydrogen (secondary N) is 1. The summed E-state index contributed by atoms with van der Waals surface area (Å²) in [6, 6.07) is 5.43. The summed E-state index contributed by atoms with van der Waals surface area (Å²) < 4.78 is 16.0. The molecule has 1 amide bonds. The smallest absolute Gasteiger partial charge is 0.234 e. The maximum absolute atomic E-state index is 10.9. The van der Waals surface area contributed by atoms with Crippen molar-refractivity contribution in [1.29, 1.82) is 0 Å². The lowest BCUT2D eigenvalue weighted by Gasteiger charge is -2.07. The monoisotopic (exact) mass is 271 g/mol. The molecule has 1 heterocycles. The molecule has 1 aromatic rings. The first-order valence-electron chi connectivity index (χ1n) is 5.64. The van der Waals surface area contributed by atoms with Gasteiger partial charge in [0.05, 0.1) is 6.61 Å². The molecule has 1 N–H and O–H groups in total. The fourth-order valence-corrected chi connectivity index (χ4v) is 1.60. The van der Waals surface area contributed by atoms with E-state index in [1.807, 2.05) is 12.1 Å². The van der Waals surface area contributed by atoms with Crippen molar-refractivity contribution in [2.75, 3.05) is 25.8 Å². The van der Waals surface area contributed by atoms with Crippen LogP contribution in [0.1, 0.15) is 6.42 Å². The molecule has 0 atom stereocenters. The van der Waals surface area contributed by atoms with Gasteiger partial charge in [0.15, 0.2) is 11.5 Å². The number of carbonyl (C=O) groups excluding carboxylic acids is 1. The Morgan fingerprint density at radius 2 is 2.22 bits per heavy atom. The Morgan fingerprint density at radius 1 is 1.39 bits per heavy atom. The summed E-state index contributed by atoms with van der Waals surface area (Å²) in [6.07, 6.45) is 0.719. The van der Waals surface area contributed by atoms with Gasteiger partial charge in [-0.15, -0.1) is 11.6 Å². The number of hydrogen-bond acceptors (Lipinski definition) is 4. The average molecular weight is 272 g/mol. The van der Waals surface area contributed by atoms with Crippen LogP contribution < -0.4 is 19.5 Å². The predicted octanol–water partition coefficient (Wildman–Crippen LogP) is 1.54. The molecule has 0 spiro atoms. The van der Waals surface area contributed by atoms with Crippen molar-refractivity contribution in [1.82, 2.24) is 5.32 Å². The highest BCUT2D eigenvalue weighted by atomic mass is 35.5. The first-order valence-corrected chi connectivity index (χ1v) is 6.18. The molecule has 2 rings (SSSR count). The van der Waals surface area contributed by atoms with E-state index in [1.54, 1.807) is 6.07 Å². The van der Waals surface area contributed by atoms with E-state index in [1.165, 1.54) is 0 Å². The third-order valence-corrected chi connectivity index (χ3v) is 2.62. The summed E-state index contributed by atoms with van der Waals surface area (Å²) in [6.45, 7) is 1.32. The van der Waals surface area contributed by atoms with Crippen LogP contribution in [0.2, 0.25) is 0 Å². The number of amides is 1. The van der Waals surface area contributed by atoms with E-state index >= 15 is 0 Å². The number of carbonyl (C=O) groups is 1. The van der Waals surface area contributed by atoms with Gasteiger partial charge in [-0.25, -0.2) is 0 Å². The van der Waals surface area contributed by atoms with Crippen LogP contribution in [0.25, 0.3) is 0 Å². The molecule has 1 aliphatic heterocycles. The van der Waals surface area contributed by atoms with Gasteiger partial charge < -0.3 is 19.5 Å². The maximum Gasteiger partial charge on any atom is 0.234 e. The van der Waals surface area contributed by atoms with Crippen molar-refractivity contribution in [3.8, 4) is 17.2 Å². The zero-order chi connectivity index (χ0) is 12.8. The Bertz CT molecular complexity index is 425. The van der Waals surface area contributed by atoms with Gasteiger partial charge in [0.25, 0.3) is 0 Å². The van der Waals surface area contributed by atoms with Crippen molar-refractivity contribution in [3.63, 3.8) is 0 Å². The summed E-state index contributed by atoms with van der Waals surface area (Å²) in [5, 5.41) is 2.66. The van der Waals surface area contributed by atoms with Gasteiger partial charge in [0.2, 0.25) is 12.7 Å². The van der Waals surface area contributed by atoms with Crippen LogP contribution >= 0.6 is 11.6 Å². The summed E-state index contributed by atoms with van der Waals surface area (Å²) in [4.78, 5) is 10.9. The molecule has 0 bridgehead atoms. The Morgan fingerprint density at radius 3 is 3.06 bits per heavy atom. The minimum Gasteiger partial charge on any atom is -0.493 e. The van der Waals surface area contributed by atoms with Gasteiger partial charge in [0.1, 0.15) is 11.6 Å². The normalized spacial score (nSPS) is 12.3. The van der Waals surface area contributed by atoms with E-state index in [4.69, 9.17) is 25.8 Å². The molecule has 0 unspecified atom stereocenters. The van der Waals surface area contributed by atoms with E-state index in [0.29, 0.717) is 18.9 Å². The van der Waals surface area contributed by atoms with Crippen LogP contribution in [0.3, 0.4) is 0 Å². The lowest BCUT2D eigenvalue weighted by atomic mass is 10.3. The summed E-state index contributed by atoms with van der Waals surface area (Å²) >= 11 is 5.35. The molecular weight excluding hydrogens is 258 g/mol. The van der Waals surface area contributed by atoms with Crippen LogP contribution in [0.5, 0.6) is 17.2 Å². The molecular formula is C12H14ClNO4. The standard InChI is InChI=1S/C12H14ClNO4/c13-7-12(15)14-4-1-5-16-9-2-3-10-11(6-9)18-8-17-10/h2-3,6H,1,4-5,7-8H2,(H,14,15). The Kier molecular flexibility index (Phi) is 4.52. The second-order valence-electron chi connectivity index (χ2n) is 3.70. The topological polar surface area (TPSA) is 56.8 Å². The lowest BCUT2D eigenvalue weighted by molar-refractivity contribution is -0.118. The first-order chi connectivity index (χ1) is 8.79. The van der Waals surface area contributed by atoms with Crippen LogP contribution in [0.4, 0.5) is 0 Å². The van der Waals surface area contributed by atoms with Crippen LogP contribution in [0.15, 0.2) is 18.2 Å². The molecule has 98 valence electrons. The summed E-state index contributed by atoms with van der Waals surface area (Å²) in [5.74, 6) is 1.98. The van der Waals surface area contributed by atoms with Crippen molar-refractivity contribution < 1.29 is 19.0 Å². The third-order valence-electron chi connectivity index (χ3n) is 2.38. The zero-order valence-corrected chi connectivity index (χ0v) is 10.5. The molecule has 0 fully saturated rings. The van der Waals surface area contributed by atoms with Gasteiger partial charge in [-0.1, -0.05) is 0 Å². The lowest BCUT2D eigenvalue weighted by Crippen LogP contribution is -2.26. The van der Waals surface area contributed by atoms with Gasteiger partial charge in [-0.3, -0.25) is 4.79 Å². The average Bonchev–Trinajstić information content (AvgIpc) is 2.85. The van der Waals surface area contributed by atoms with Crippen molar-refractivity contribution in [2.24, 2.45) is 0 Å². The minimum absolute atomic E-state index is 0.0109. The number of fused-ring (bicyclic) bond motifs is 1. The summed E-state index contributed by atoms with van der Waals surface area (Å²) in [7, 11) is 0. The number of ether oxygens (including phenoxy) is 3. The zero-order valence-electron chi connectivity index (χ0n) is 9.78. The molecule has 1 aromatic carbocycles. The molecule has 0 radical (unpaired) electrons. The van der Waals surface area contributed by atoms with Crippen LogP contribution in [-0.4, -0.2) is 31.7 Å². The number of rotatable bonds is 6. The van der Waals surface area contributed by atoms with Gasteiger partial charge in [-0.2, -0.15) is 0 Å². The quantitative estimate of drug-likeness (QED) is 0.630. The second kappa shape index (κ2) is 6.35. The molecule has 5 nitrogen and oxygen atoms in total. The minimum atomic E-state index is -0.167. The van der Waals surface area contributed by atoms with Crippen molar-refractivity contribution >= 4 is 17.5 Å². The SMILES string of the molecule is O=C(CCl)NCCCOc1ccc2c(c1)OCO2. The molecule has 18 heavy (non-hydrogen) atoms. The number of halogens is 1. The third kappa shape index (κ3) is 3.43. The van der Waals surface area contributed by atoms with E-state index in [2.05, 4.69) is 5.32 Å². The van der Waals surface area contributed by atoms with Gasteiger partial charge in [0, 0.05) is 12.6 Å². The second-order valence-corrected chi connectivity index (χ2v) is 3.97. The van der Waals surface area contributed by atoms with Gasteiger partial charge in [-0.05, 0) is 18.6 Å². The van der Waals surface area contributed by atoms with Crippen LogP contribution in [0, 0.1) is 0 Å². The van der Waals surface area contributed by atoms with Crippen molar-refractivity contribution in [3.05, 3.63) is 18.2 Å². The van der Waals surface area contributed by atoms with E-state index in [0.717, 1.165) is 17.9 Å². The maximum atomic E-state index is 10.9. The highest BCUT2D eigenvalue weighted by molar-refractivity contribution is 6.27. The largest absolute Gasteiger partial charge is 0.493 e. The fraction of sp³-hybridized carbons (Fsp3) is 0.417. The van der Waals surface area contributed by atoms with E-state index < -0.39 is 0 Å². The molecule has 0 aliphatic carbocycles. The van der Waals surface area contributed by atoms with Crippen LogP contribution in [-0.2, 0) is 4.79 Å². The first kappa shape index (κ1) is 12.8. The Balaban J connectivity index is 1.69. The molecule has 1 aliphatic rings. The van der Waals surface area contributed by atoms with E-state index in [9.17, 15) is 4.79 Å². The highest BCUT2D eigenvalue weighted by Gasteiger charge is 2.13. The van der Waals surface area contributed by atoms with Crippen molar-refractivity contribution in [2.45, 2.75) is 6.42 Å². The number of benzene rings is 1. The van der Waals surface area contributed by atoms with Gasteiger partial charge >= 0.3 is 0 Å². The molecule has 0 saturated carbocycles. The highest BCUT2D eigenvalue weighted by Crippen LogP contribution is 2.34. The molecule has 6 heteroatoms. The predicted molar refractivity (Wildman–Crippen MR) is 66.4 cm³/mol. The fourth-order valence-electron chi connectivity index (χ4n) is 1.50. The molecule has 0 aromatic heterocycles. The number of hydrogen-bond donors (Lipinski definition) is 1. The Labute approximate surface area is 110 Å². The Hall–Kier alpha value is -1.62. The summed E-state index contributed by atoms with van der Waals surface area (Å²) in [5.41, 5.74) is 0. The molecule has 0 saturated heterocycles.